The van der Waals surface area contributed by atoms with Crippen LogP contribution in [-0.4, -0.2) is 31.3 Å². The van der Waals surface area contributed by atoms with Gasteiger partial charge < -0.3 is 19.9 Å². The van der Waals surface area contributed by atoms with Crippen molar-refractivity contribution < 1.29 is 19.4 Å². The molecular weight excluding hydrogens is 330 g/mol. The number of methoxy groups -OCH3 is 1. The zero-order chi connectivity index (χ0) is 18.7. The zero-order valence-corrected chi connectivity index (χ0v) is 15.2. The molecule has 0 aliphatic carbocycles. The van der Waals surface area contributed by atoms with Gasteiger partial charge in [-0.2, -0.15) is 0 Å². The molecule has 0 amide bonds. The summed E-state index contributed by atoms with van der Waals surface area (Å²) in [6.07, 6.45) is 2.20. The molecule has 0 bridgehead atoms. The van der Waals surface area contributed by atoms with Crippen LogP contribution >= 0.6 is 0 Å². The summed E-state index contributed by atoms with van der Waals surface area (Å²) in [6, 6.07) is 12.6. The maximum absolute atomic E-state index is 11.2. The average Bonchev–Trinajstić information content (AvgIpc) is 2.76. The maximum atomic E-state index is 11.2. The summed E-state index contributed by atoms with van der Waals surface area (Å²) in [4.78, 5) is 11.2. The Morgan fingerprint density at radius 1 is 1.27 bits per heavy atom. The summed E-state index contributed by atoms with van der Waals surface area (Å²) < 4.78 is 11.3. The van der Waals surface area contributed by atoms with Crippen molar-refractivity contribution in [2.24, 2.45) is 5.41 Å². The van der Waals surface area contributed by atoms with Crippen molar-refractivity contribution in [1.82, 2.24) is 0 Å². The first-order valence-electron chi connectivity index (χ1n) is 8.48. The molecule has 0 fully saturated rings. The second kappa shape index (κ2) is 7.12. The molecular formula is C21H23NO4. The van der Waals surface area contributed by atoms with E-state index in [-0.39, 0.29) is 11.0 Å². The number of carboxylic acid groups (broad SMARTS) is 1. The van der Waals surface area contributed by atoms with E-state index in [0.29, 0.717) is 13.2 Å². The van der Waals surface area contributed by atoms with E-state index in [1.807, 2.05) is 24.3 Å². The second-order valence-corrected chi connectivity index (χ2v) is 7.05. The number of nitrogens with one attached hydrogen (secondary N) is 1. The minimum atomic E-state index is -0.938. The van der Waals surface area contributed by atoms with Crippen molar-refractivity contribution in [3.8, 4) is 11.5 Å². The van der Waals surface area contributed by atoms with Gasteiger partial charge in [0.1, 0.15) is 11.5 Å². The molecule has 0 saturated heterocycles. The maximum Gasteiger partial charge on any atom is 0.335 e. The number of fused-ring (bicyclic) bond motifs is 1. The predicted octanol–water partition coefficient (Wildman–Crippen LogP) is 4.31. The topological polar surface area (TPSA) is 67.8 Å². The van der Waals surface area contributed by atoms with Gasteiger partial charge in [0.15, 0.2) is 0 Å². The number of carboxylic acids is 1. The summed E-state index contributed by atoms with van der Waals surface area (Å²) in [5, 5.41) is 12.5. The first-order chi connectivity index (χ1) is 12.4. The summed E-state index contributed by atoms with van der Waals surface area (Å²) in [5.41, 5.74) is 2.97. The van der Waals surface area contributed by atoms with Crippen LogP contribution < -0.4 is 14.8 Å². The summed E-state index contributed by atoms with van der Waals surface area (Å²) in [6.45, 7) is 5.39. The highest BCUT2D eigenvalue weighted by Gasteiger charge is 2.24. The standard InChI is InChI=1S/C21H23NO4/c1-21(2)11-15(12-22-16-6-4-5-14(9-16)20(23)24)18-10-17(25-3)7-8-19(18)26-13-21/h4-11,22H,12-13H2,1-3H3,(H,23,24). The summed E-state index contributed by atoms with van der Waals surface area (Å²) in [5.74, 6) is 0.654. The molecule has 1 aliphatic rings. The summed E-state index contributed by atoms with van der Waals surface area (Å²) in [7, 11) is 1.64. The van der Waals surface area contributed by atoms with Crippen LogP contribution in [0.25, 0.3) is 5.57 Å². The van der Waals surface area contributed by atoms with Crippen LogP contribution in [0.4, 0.5) is 5.69 Å². The first kappa shape index (κ1) is 17.9. The fraction of sp³-hybridized carbons (Fsp3) is 0.286. The van der Waals surface area contributed by atoms with Crippen LogP contribution in [0.2, 0.25) is 0 Å². The molecule has 1 aliphatic heterocycles. The number of carbonyl (C=O) groups is 1. The Hall–Kier alpha value is -2.95. The highest BCUT2D eigenvalue weighted by Crippen LogP contribution is 2.37. The van der Waals surface area contributed by atoms with Crippen molar-refractivity contribution in [3.63, 3.8) is 0 Å². The number of ether oxygens (including phenoxy) is 2. The van der Waals surface area contributed by atoms with Crippen molar-refractivity contribution in [2.45, 2.75) is 13.8 Å². The van der Waals surface area contributed by atoms with Gasteiger partial charge >= 0.3 is 5.97 Å². The second-order valence-electron chi connectivity index (χ2n) is 7.05. The molecule has 2 aromatic carbocycles. The number of anilines is 1. The average molecular weight is 353 g/mol. The van der Waals surface area contributed by atoms with Gasteiger partial charge in [0.25, 0.3) is 0 Å². The van der Waals surface area contributed by atoms with Crippen LogP contribution in [0.3, 0.4) is 0 Å². The van der Waals surface area contributed by atoms with E-state index >= 15 is 0 Å². The smallest absolute Gasteiger partial charge is 0.335 e. The van der Waals surface area contributed by atoms with Crippen LogP contribution in [0.5, 0.6) is 11.5 Å². The van der Waals surface area contributed by atoms with E-state index in [4.69, 9.17) is 14.6 Å². The Morgan fingerprint density at radius 2 is 2.08 bits per heavy atom. The Labute approximate surface area is 153 Å². The highest BCUT2D eigenvalue weighted by molar-refractivity contribution is 5.89. The lowest BCUT2D eigenvalue weighted by molar-refractivity contribution is 0.0697. The van der Waals surface area contributed by atoms with Gasteiger partial charge in [-0.15, -0.1) is 0 Å². The monoisotopic (exact) mass is 353 g/mol. The highest BCUT2D eigenvalue weighted by atomic mass is 16.5. The quantitative estimate of drug-likeness (QED) is 0.838. The van der Waals surface area contributed by atoms with Crippen LogP contribution in [-0.2, 0) is 0 Å². The lowest BCUT2D eigenvalue weighted by atomic mass is 9.90. The van der Waals surface area contributed by atoms with E-state index in [2.05, 4.69) is 25.2 Å². The minimum absolute atomic E-state index is 0.119. The van der Waals surface area contributed by atoms with Gasteiger partial charge in [0.2, 0.25) is 0 Å². The Balaban J connectivity index is 1.91. The number of aromatic carboxylic acids is 1. The molecule has 0 spiro atoms. The lowest BCUT2D eigenvalue weighted by Crippen LogP contribution is -2.18. The van der Waals surface area contributed by atoms with Crippen LogP contribution in [0.15, 0.2) is 48.5 Å². The molecule has 0 unspecified atom stereocenters. The normalized spacial score (nSPS) is 15.1. The van der Waals surface area contributed by atoms with E-state index in [9.17, 15) is 4.79 Å². The number of rotatable bonds is 5. The third-order valence-corrected chi connectivity index (χ3v) is 4.29. The largest absolute Gasteiger partial charge is 0.497 e. The van der Waals surface area contributed by atoms with Gasteiger partial charge in [0.05, 0.1) is 19.3 Å². The Kier molecular flexibility index (Phi) is 4.89. The molecule has 2 aromatic rings. The summed E-state index contributed by atoms with van der Waals surface area (Å²) >= 11 is 0. The van der Waals surface area contributed by atoms with Gasteiger partial charge in [-0.3, -0.25) is 0 Å². The van der Waals surface area contributed by atoms with Gasteiger partial charge in [0, 0.05) is 23.2 Å². The molecule has 5 heteroatoms. The molecule has 2 N–H and O–H groups in total. The molecule has 0 atom stereocenters. The first-order valence-corrected chi connectivity index (χ1v) is 8.48. The third-order valence-electron chi connectivity index (χ3n) is 4.29. The molecule has 3 rings (SSSR count). The fourth-order valence-electron chi connectivity index (χ4n) is 2.97. The molecule has 5 nitrogen and oxygen atoms in total. The molecule has 0 aromatic heterocycles. The molecule has 136 valence electrons. The Morgan fingerprint density at radius 3 is 2.81 bits per heavy atom. The zero-order valence-electron chi connectivity index (χ0n) is 15.2. The lowest BCUT2D eigenvalue weighted by Gasteiger charge is -2.19. The molecule has 0 saturated carbocycles. The van der Waals surface area contributed by atoms with E-state index in [1.165, 1.54) is 0 Å². The SMILES string of the molecule is COc1ccc2c(c1)C(CNc1cccc(C(=O)O)c1)=CC(C)(C)CO2. The van der Waals surface area contributed by atoms with Crippen LogP contribution in [0, 0.1) is 5.41 Å². The minimum Gasteiger partial charge on any atom is -0.497 e. The van der Waals surface area contributed by atoms with Gasteiger partial charge in [-0.1, -0.05) is 26.0 Å². The van der Waals surface area contributed by atoms with Crippen molar-refractivity contribution in [1.29, 1.82) is 0 Å². The Bertz CT molecular complexity index is 855. The molecule has 26 heavy (non-hydrogen) atoms. The van der Waals surface area contributed by atoms with Gasteiger partial charge in [-0.05, 0) is 42.0 Å². The van der Waals surface area contributed by atoms with E-state index < -0.39 is 5.97 Å². The van der Waals surface area contributed by atoms with E-state index in [0.717, 1.165) is 28.3 Å². The number of benzene rings is 2. The number of hydrogen-bond acceptors (Lipinski definition) is 4. The molecule has 1 heterocycles. The van der Waals surface area contributed by atoms with Gasteiger partial charge in [-0.25, -0.2) is 4.79 Å². The van der Waals surface area contributed by atoms with E-state index in [1.54, 1.807) is 25.3 Å². The number of hydrogen-bond donors (Lipinski definition) is 2. The predicted molar refractivity (Wildman–Crippen MR) is 102 cm³/mol. The van der Waals surface area contributed by atoms with Crippen molar-refractivity contribution >= 4 is 17.2 Å². The van der Waals surface area contributed by atoms with Crippen molar-refractivity contribution in [2.75, 3.05) is 25.6 Å². The van der Waals surface area contributed by atoms with Crippen molar-refractivity contribution in [3.05, 3.63) is 59.7 Å². The molecule has 0 radical (unpaired) electrons. The fourth-order valence-corrected chi connectivity index (χ4v) is 2.97. The van der Waals surface area contributed by atoms with Crippen LogP contribution in [0.1, 0.15) is 29.8 Å². The third kappa shape index (κ3) is 3.99.